The highest BCUT2D eigenvalue weighted by Crippen LogP contribution is 2.51. The molecule has 0 saturated heterocycles. The van der Waals surface area contributed by atoms with Crippen LogP contribution in [0.15, 0.2) is 65.1 Å². The number of rotatable bonds is 6. The number of aromatic nitrogens is 2. The van der Waals surface area contributed by atoms with Crippen molar-refractivity contribution in [2.75, 3.05) is 11.4 Å². The first kappa shape index (κ1) is 27.6. The van der Waals surface area contributed by atoms with Gasteiger partial charge in [-0.25, -0.2) is 4.68 Å². The van der Waals surface area contributed by atoms with Crippen LogP contribution in [0.1, 0.15) is 56.4 Å². The smallest absolute Gasteiger partial charge is 0.433 e. The highest BCUT2D eigenvalue weighted by atomic mass is 35.5. The number of unbranched alkanes of at least 4 members (excludes halogenated alkanes) is 1. The summed E-state index contributed by atoms with van der Waals surface area (Å²) in [6.07, 6.45) is -4.93. The van der Waals surface area contributed by atoms with E-state index in [0.29, 0.717) is 11.6 Å². The maximum Gasteiger partial charge on any atom is 0.433 e. The molecule has 5 rings (SSSR count). The summed E-state index contributed by atoms with van der Waals surface area (Å²) in [6.45, 7) is 6.66. The summed E-state index contributed by atoms with van der Waals surface area (Å²) >= 11 is 6.28. The van der Waals surface area contributed by atoms with Crippen LogP contribution in [0, 0.1) is 5.92 Å². The third-order valence-electron chi connectivity index (χ3n) is 7.96. The number of aromatic amines is 1. The Morgan fingerprint density at radius 3 is 2.38 bits per heavy atom. The van der Waals surface area contributed by atoms with Crippen molar-refractivity contribution in [3.8, 4) is 5.69 Å². The maximum atomic E-state index is 14.0. The molecule has 0 spiro atoms. The molecule has 0 amide bonds. The second-order valence-corrected chi connectivity index (χ2v) is 11.2. The van der Waals surface area contributed by atoms with Gasteiger partial charge in [0.1, 0.15) is 5.69 Å². The van der Waals surface area contributed by atoms with E-state index in [1.807, 2.05) is 26.0 Å². The Morgan fingerprint density at radius 1 is 1.10 bits per heavy atom. The number of H-pyrrole nitrogens is 1. The van der Waals surface area contributed by atoms with Crippen LogP contribution in [0.5, 0.6) is 0 Å². The minimum atomic E-state index is -4.94. The molecule has 1 saturated carbocycles. The van der Waals surface area contributed by atoms with E-state index in [1.165, 1.54) is 12.1 Å². The van der Waals surface area contributed by atoms with Crippen LogP contribution in [0.4, 0.5) is 18.9 Å². The zero-order valence-electron chi connectivity index (χ0n) is 21.8. The van der Waals surface area contributed by atoms with Crippen LogP contribution in [-0.2, 0) is 11.6 Å². The van der Waals surface area contributed by atoms with Crippen LogP contribution in [0.25, 0.3) is 5.69 Å². The van der Waals surface area contributed by atoms with Gasteiger partial charge in [-0.3, -0.25) is 9.89 Å². The maximum absolute atomic E-state index is 14.0. The van der Waals surface area contributed by atoms with Crippen molar-refractivity contribution in [3.63, 3.8) is 0 Å². The summed E-state index contributed by atoms with van der Waals surface area (Å²) in [7, 11) is 0. The van der Waals surface area contributed by atoms with Crippen molar-refractivity contribution in [2.45, 2.75) is 63.3 Å². The fourth-order valence-corrected chi connectivity index (χ4v) is 6.02. The molecule has 1 N–H and O–H groups in total. The third-order valence-corrected chi connectivity index (χ3v) is 8.20. The molecule has 39 heavy (non-hydrogen) atoms. The summed E-state index contributed by atoms with van der Waals surface area (Å²) in [4.78, 5) is 15.3. The number of anilines is 1. The third kappa shape index (κ3) is 4.50. The summed E-state index contributed by atoms with van der Waals surface area (Å²) in [6, 6.07) is 13.3. The normalized spacial score (nSPS) is 25.2. The lowest BCUT2D eigenvalue weighted by atomic mass is 9.64. The quantitative estimate of drug-likeness (QED) is 0.482. The molecule has 2 heterocycles. The average Bonchev–Trinajstić information content (AvgIpc) is 3.33. The Kier molecular flexibility index (Phi) is 6.97. The highest BCUT2D eigenvalue weighted by Gasteiger charge is 2.48. The number of hydrogen-bond acceptors (Lipinski definition) is 4. The molecule has 2 unspecified atom stereocenters. The van der Waals surface area contributed by atoms with E-state index in [-0.39, 0.29) is 5.69 Å². The number of benzene rings is 2. The molecule has 0 radical (unpaired) electrons. The molecule has 2 atom stereocenters. The van der Waals surface area contributed by atoms with E-state index in [9.17, 15) is 28.2 Å². The van der Waals surface area contributed by atoms with Gasteiger partial charge in [0, 0.05) is 28.4 Å². The van der Waals surface area contributed by atoms with E-state index >= 15 is 0 Å². The second-order valence-electron chi connectivity index (χ2n) is 10.8. The van der Waals surface area contributed by atoms with Crippen molar-refractivity contribution < 1.29 is 23.4 Å². The number of allylic oxidation sites excluding steroid dienone is 1. The molecule has 2 aromatic carbocycles. The predicted molar refractivity (Wildman–Crippen MR) is 140 cm³/mol. The zero-order chi connectivity index (χ0) is 28.3. The van der Waals surface area contributed by atoms with Crippen LogP contribution in [0.2, 0.25) is 5.02 Å². The molecule has 2 aliphatic rings. The number of fused-ring (bicyclic) bond motifs is 1. The Morgan fingerprint density at radius 2 is 1.77 bits per heavy atom. The Balaban J connectivity index is 1.54. The van der Waals surface area contributed by atoms with Gasteiger partial charge in [-0.15, -0.1) is 12.2 Å². The van der Waals surface area contributed by atoms with Gasteiger partial charge in [0.05, 0.1) is 11.3 Å². The molecular formula is C29H29ClF3N3O3-2. The minimum Gasteiger partial charge on any atom is -0.851 e. The monoisotopic (exact) mass is 559 g/mol. The molecule has 1 fully saturated rings. The molecule has 1 aromatic heterocycles. The van der Waals surface area contributed by atoms with E-state index < -0.39 is 52.5 Å². The van der Waals surface area contributed by atoms with Crippen molar-refractivity contribution in [3.05, 3.63) is 92.5 Å². The van der Waals surface area contributed by atoms with Gasteiger partial charge in [0.15, 0.2) is 0 Å². The zero-order valence-corrected chi connectivity index (χ0v) is 22.5. The number of nitrogens with one attached hydrogen (secondary N) is 1. The first-order valence-electron chi connectivity index (χ1n) is 13.0. The van der Waals surface area contributed by atoms with Gasteiger partial charge in [0.2, 0.25) is 0 Å². The van der Waals surface area contributed by atoms with Crippen LogP contribution < -0.4 is 20.7 Å². The van der Waals surface area contributed by atoms with E-state index in [0.717, 1.165) is 34.5 Å². The fourth-order valence-electron chi connectivity index (χ4n) is 5.85. The van der Waals surface area contributed by atoms with E-state index in [1.54, 1.807) is 30.3 Å². The van der Waals surface area contributed by atoms with Gasteiger partial charge in [-0.2, -0.15) is 13.2 Å². The molecule has 6 nitrogen and oxygen atoms in total. The Labute approximate surface area is 229 Å². The molecule has 208 valence electrons. The van der Waals surface area contributed by atoms with Gasteiger partial charge >= 0.3 is 6.18 Å². The molecule has 1 aliphatic heterocycles. The number of hydrogen-bond donors (Lipinski definition) is 1. The van der Waals surface area contributed by atoms with Gasteiger partial charge in [-0.05, 0) is 54.2 Å². The van der Waals surface area contributed by atoms with Crippen molar-refractivity contribution in [1.29, 1.82) is 0 Å². The van der Waals surface area contributed by atoms with E-state index in [2.05, 4.69) is 16.9 Å². The number of alkyl halides is 3. The number of para-hydroxylation sites is 1. The molecule has 3 aromatic rings. The lowest BCUT2D eigenvalue weighted by molar-refractivity contribution is -0.543. The van der Waals surface area contributed by atoms with Crippen molar-refractivity contribution in [2.24, 2.45) is 5.92 Å². The largest absolute Gasteiger partial charge is 0.851 e. The topological polar surface area (TPSA) is 87.2 Å². The Hall–Kier alpha value is -3.01. The SMILES string of the molecule is CCCCN1C(=CC2C([O-])C(c3c(C(F)(F)F)[nH]n(-c4ccccc4)c3=O)C2[O-])C(C)(C)c2cc(Cl)ccc21. The summed E-state index contributed by atoms with van der Waals surface area (Å²) in [5.41, 5.74) is -0.924. The molecule has 0 bridgehead atoms. The minimum absolute atomic E-state index is 0.179. The summed E-state index contributed by atoms with van der Waals surface area (Å²) < 4.78 is 42.7. The first-order valence-corrected chi connectivity index (χ1v) is 13.3. The lowest BCUT2D eigenvalue weighted by Crippen LogP contribution is -2.65. The molecular weight excluding hydrogens is 531 g/mol. The highest BCUT2D eigenvalue weighted by molar-refractivity contribution is 6.30. The molecule has 10 heteroatoms. The van der Waals surface area contributed by atoms with E-state index in [4.69, 9.17) is 11.6 Å². The Bertz CT molecular complexity index is 1450. The van der Waals surface area contributed by atoms with Gasteiger partial charge < -0.3 is 15.1 Å². The average molecular weight is 560 g/mol. The standard InChI is InChI=1S/C29H29ClF3N3O3/c1-4-5-13-35-20-12-11-16(30)14-19(20)28(2,3)21(35)15-18-24(37)22(25(18)38)23-26(29(31,32)33)34-36(27(23)39)17-9-7-6-8-10-17/h6-12,14-15,18,22,24-25,34H,4-5,13H2,1-3H3/q-2. The first-order chi connectivity index (χ1) is 18.4. The summed E-state index contributed by atoms with van der Waals surface area (Å²) in [5.74, 6) is -2.71. The van der Waals surface area contributed by atoms with Crippen LogP contribution in [0.3, 0.4) is 0 Å². The number of halogens is 4. The lowest BCUT2D eigenvalue weighted by Gasteiger charge is -2.60. The van der Waals surface area contributed by atoms with Crippen molar-refractivity contribution in [1.82, 2.24) is 9.78 Å². The summed E-state index contributed by atoms with van der Waals surface area (Å²) in [5, 5.41) is 29.6. The van der Waals surface area contributed by atoms with Crippen molar-refractivity contribution >= 4 is 17.3 Å². The van der Waals surface area contributed by atoms with Gasteiger partial charge in [0.25, 0.3) is 5.56 Å². The van der Waals surface area contributed by atoms with Gasteiger partial charge in [-0.1, -0.05) is 63.1 Å². The molecule has 1 aliphatic carbocycles. The van der Waals surface area contributed by atoms with Crippen LogP contribution in [-0.4, -0.2) is 28.5 Å². The number of nitrogens with zero attached hydrogens (tertiary/aromatic N) is 2. The second kappa shape index (κ2) is 9.87. The predicted octanol–water partition coefficient (Wildman–Crippen LogP) is 4.49. The fraction of sp³-hybridized carbons (Fsp3) is 0.414. The van der Waals surface area contributed by atoms with Crippen LogP contribution >= 0.6 is 11.6 Å².